The van der Waals surface area contributed by atoms with Gasteiger partial charge in [0.05, 0.1) is 17.9 Å². The monoisotopic (exact) mass is 307 g/mol. The van der Waals surface area contributed by atoms with Crippen LogP contribution >= 0.6 is 15.9 Å². The maximum absolute atomic E-state index is 12.3. The molecular weight excluding hydrogens is 294 g/mol. The molecule has 1 aromatic heterocycles. The average molecular weight is 308 g/mol. The van der Waals surface area contributed by atoms with E-state index in [2.05, 4.69) is 15.9 Å². The zero-order valence-electron chi connectivity index (χ0n) is 10.3. The van der Waals surface area contributed by atoms with Gasteiger partial charge in [-0.3, -0.25) is 4.79 Å². The lowest BCUT2D eigenvalue weighted by molar-refractivity contribution is 0.0740. The fraction of sp³-hybridized carbons (Fsp3) is 0.214. The van der Waals surface area contributed by atoms with E-state index in [0.717, 1.165) is 5.56 Å². The SMILES string of the molecule is CC(c1ccccc1)N(C)C(=O)c1ccoc1Br. The van der Waals surface area contributed by atoms with Gasteiger partial charge in [-0.2, -0.15) is 0 Å². The summed E-state index contributed by atoms with van der Waals surface area (Å²) in [6.45, 7) is 2.00. The van der Waals surface area contributed by atoms with Crippen LogP contribution in [0.25, 0.3) is 0 Å². The van der Waals surface area contributed by atoms with E-state index >= 15 is 0 Å². The van der Waals surface area contributed by atoms with Gasteiger partial charge in [0, 0.05) is 7.05 Å². The molecule has 0 aliphatic heterocycles. The van der Waals surface area contributed by atoms with E-state index < -0.39 is 0 Å². The number of hydrogen-bond donors (Lipinski definition) is 0. The van der Waals surface area contributed by atoms with E-state index in [1.165, 1.54) is 6.26 Å². The Hall–Kier alpha value is -1.55. The zero-order valence-corrected chi connectivity index (χ0v) is 11.8. The number of benzene rings is 1. The molecule has 2 aromatic rings. The molecule has 0 aliphatic carbocycles. The van der Waals surface area contributed by atoms with Crippen molar-refractivity contribution in [2.45, 2.75) is 13.0 Å². The smallest absolute Gasteiger partial charge is 0.258 e. The summed E-state index contributed by atoms with van der Waals surface area (Å²) in [7, 11) is 1.79. The third-order valence-corrected chi connectivity index (χ3v) is 3.65. The third-order valence-electron chi connectivity index (χ3n) is 3.03. The van der Waals surface area contributed by atoms with E-state index in [4.69, 9.17) is 4.42 Å². The summed E-state index contributed by atoms with van der Waals surface area (Å²) in [5.41, 5.74) is 1.65. The number of amides is 1. The van der Waals surface area contributed by atoms with Crippen molar-refractivity contribution >= 4 is 21.8 Å². The highest BCUT2D eigenvalue weighted by Gasteiger charge is 2.21. The van der Waals surface area contributed by atoms with Gasteiger partial charge in [0.2, 0.25) is 0 Å². The summed E-state index contributed by atoms with van der Waals surface area (Å²) < 4.78 is 5.56. The molecule has 0 spiro atoms. The van der Waals surface area contributed by atoms with Crippen LogP contribution in [0, 0.1) is 0 Å². The molecule has 0 radical (unpaired) electrons. The summed E-state index contributed by atoms with van der Waals surface area (Å²) in [6, 6.07) is 11.6. The molecule has 1 unspecified atom stereocenters. The average Bonchev–Trinajstić information content (AvgIpc) is 2.83. The number of furan rings is 1. The molecule has 0 saturated carbocycles. The lowest BCUT2D eigenvalue weighted by Crippen LogP contribution is -2.29. The van der Waals surface area contributed by atoms with Crippen LogP contribution in [0.15, 0.2) is 51.7 Å². The Morgan fingerprint density at radius 2 is 1.94 bits per heavy atom. The first-order valence-electron chi connectivity index (χ1n) is 5.66. The van der Waals surface area contributed by atoms with Gasteiger partial charge >= 0.3 is 0 Å². The van der Waals surface area contributed by atoms with Crippen LogP contribution in [0.4, 0.5) is 0 Å². The minimum Gasteiger partial charge on any atom is -0.457 e. The molecule has 18 heavy (non-hydrogen) atoms. The molecule has 1 aromatic carbocycles. The second-order valence-electron chi connectivity index (χ2n) is 4.11. The van der Waals surface area contributed by atoms with Crippen molar-refractivity contribution < 1.29 is 9.21 Å². The molecule has 0 aliphatic rings. The first-order chi connectivity index (χ1) is 8.61. The third kappa shape index (κ3) is 2.48. The molecule has 1 amide bonds. The van der Waals surface area contributed by atoms with Gasteiger partial charge in [0.1, 0.15) is 0 Å². The normalized spacial score (nSPS) is 12.2. The first-order valence-corrected chi connectivity index (χ1v) is 6.45. The molecule has 1 heterocycles. The fourth-order valence-corrected chi connectivity index (χ4v) is 2.18. The van der Waals surface area contributed by atoms with Crippen molar-refractivity contribution in [1.82, 2.24) is 4.90 Å². The Kier molecular flexibility index (Phi) is 3.87. The van der Waals surface area contributed by atoms with E-state index in [1.54, 1.807) is 18.0 Å². The van der Waals surface area contributed by atoms with Crippen LogP contribution in [0.5, 0.6) is 0 Å². The Balaban J connectivity index is 2.20. The van der Waals surface area contributed by atoms with Crippen LogP contribution in [-0.2, 0) is 0 Å². The van der Waals surface area contributed by atoms with Crippen molar-refractivity contribution in [3.05, 3.63) is 58.5 Å². The fourth-order valence-electron chi connectivity index (χ4n) is 1.77. The van der Waals surface area contributed by atoms with E-state index in [1.807, 2.05) is 37.3 Å². The summed E-state index contributed by atoms with van der Waals surface area (Å²) in [5.74, 6) is -0.0630. The van der Waals surface area contributed by atoms with Crippen LogP contribution < -0.4 is 0 Å². The first kappa shape index (κ1) is 12.9. The van der Waals surface area contributed by atoms with Gasteiger partial charge in [-0.05, 0) is 34.5 Å². The van der Waals surface area contributed by atoms with Gasteiger partial charge < -0.3 is 9.32 Å². The van der Waals surface area contributed by atoms with Gasteiger partial charge in [0.25, 0.3) is 5.91 Å². The van der Waals surface area contributed by atoms with Crippen molar-refractivity contribution in [2.24, 2.45) is 0 Å². The Bertz CT molecular complexity index is 536. The summed E-state index contributed by atoms with van der Waals surface area (Å²) in [5, 5.41) is 0. The van der Waals surface area contributed by atoms with Crippen LogP contribution in [0.1, 0.15) is 28.9 Å². The summed E-state index contributed by atoms with van der Waals surface area (Å²) in [6.07, 6.45) is 1.50. The number of rotatable bonds is 3. The summed E-state index contributed by atoms with van der Waals surface area (Å²) >= 11 is 3.23. The molecule has 0 bridgehead atoms. The van der Waals surface area contributed by atoms with E-state index in [-0.39, 0.29) is 11.9 Å². The quantitative estimate of drug-likeness (QED) is 0.862. The maximum atomic E-state index is 12.3. The molecule has 4 heteroatoms. The van der Waals surface area contributed by atoms with Crippen LogP contribution in [0.3, 0.4) is 0 Å². The van der Waals surface area contributed by atoms with Gasteiger partial charge in [-0.15, -0.1) is 0 Å². The summed E-state index contributed by atoms with van der Waals surface area (Å²) in [4.78, 5) is 14.0. The van der Waals surface area contributed by atoms with Crippen molar-refractivity contribution in [2.75, 3.05) is 7.05 Å². The topological polar surface area (TPSA) is 33.5 Å². The minimum atomic E-state index is -0.0630. The molecule has 3 nitrogen and oxygen atoms in total. The predicted octanol–water partition coefficient (Wildman–Crippen LogP) is 3.88. The van der Waals surface area contributed by atoms with Crippen LogP contribution in [-0.4, -0.2) is 17.9 Å². The molecule has 94 valence electrons. The number of carbonyl (C=O) groups excluding carboxylic acids is 1. The molecule has 0 saturated heterocycles. The number of carbonyl (C=O) groups is 1. The van der Waals surface area contributed by atoms with E-state index in [0.29, 0.717) is 10.2 Å². The zero-order chi connectivity index (χ0) is 13.1. The molecule has 1 atom stereocenters. The minimum absolute atomic E-state index is 0.0144. The van der Waals surface area contributed by atoms with Gasteiger partial charge in [0.15, 0.2) is 4.67 Å². The number of halogens is 1. The second-order valence-corrected chi connectivity index (χ2v) is 4.83. The molecule has 0 fully saturated rings. The highest BCUT2D eigenvalue weighted by atomic mass is 79.9. The lowest BCUT2D eigenvalue weighted by atomic mass is 10.1. The van der Waals surface area contributed by atoms with Gasteiger partial charge in [-0.1, -0.05) is 30.3 Å². The van der Waals surface area contributed by atoms with Gasteiger partial charge in [-0.25, -0.2) is 0 Å². The molecule has 0 N–H and O–H groups in total. The van der Waals surface area contributed by atoms with E-state index in [9.17, 15) is 4.79 Å². The highest BCUT2D eigenvalue weighted by molar-refractivity contribution is 9.10. The standard InChI is InChI=1S/C14H14BrNO2/c1-10(11-6-4-3-5-7-11)16(2)14(17)12-8-9-18-13(12)15/h3-10H,1-2H3. The number of hydrogen-bond acceptors (Lipinski definition) is 2. The van der Waals surface area contributed by atoms with Crippen molar-refractivity contribution in [1.29, 1.82) is 0 Å². The Morgan fingerprint density at radius 1 is 1.28 bits per heavy atom. The Morgan fingerprint density at radius 3 is 2.50 bits per heavy atom. The van der Waals surface area contributed by atoms with Crippen molar-refractivity contribution in [3.8, 4) is 0 Å². The second kappa shape index (κ2) is 5.40. The molecular formula is C14H14BrNO2. The maximum Gasteiger partial charge on any atom is 0.258 e. The largest absolute Gasteiger partial charge is 0.457 e. The highest BCUT2D eigenvalue weighted by Crippen LogP contribution is 2.24. The lowest BCUT2D eigenvalue weighted by Gasteiger charge is -2.25. The van der Waals surface area contributed by atoms with Crippen molar-refractivity contribution in [3.63, 3.8) is 0 Å². The Labute approximate surface area is 115 Å². The number of nitrogens with zero attached hydrogens (tertiary/aromatic N) is 1. The van der Waals surface area contributed by atoms with Crippen LogP contribution in [0.2, 0.25) is 0 Å². The molecule has 2 rings (SSSR count). The predicted molar refractivity (Wildman–Crippen MR) is 73.4 cm³/mol.